The Morgan fingerprint density at radius 1 is 0.794 bits per heavy atom. The Balaban J connectivity index is 3.67. The highest BCUT2D eigenvalue weighted by Crippen LogP contribution is 2.34. The molecule has 6 heteroatoms. The number of hydrogen-bond donors (Lipinski definition) is 0. The van der Waals surface area contributed by atoms with E-state index in [9.17, 15) is 14.4 Å². The van der Waals surface area contributed by atoms with Crippen molar-refractivity contribution in [3.63, 3.8) is 0 Å². The standard InChI is InChI=1S/C28H39NO5/c1-19(26(2,3)4)23(25(32)34-28(8,9)10)21(24(31)33-27(5,6)7)17-18-22(30)29(11)20-15-13-12-14-16-20/h12-18H,1H2,2-11H3/b18-17+,23-21+. The molecule has 0 aliphatic carbocycles. The molecule has 0 radical (unpaired) electrons. The monoisotopic (exact) mass is 469 g/mol. The summed E-state index contributed by atoms with van der Waals surface area (Å²) in [4.78, 5) is 40.8. The van der Waals surface area contributed by atoms with Crippen LogP contribution < -0.4 is 4.90 Å². The molecule has 0 unspecified atom stereocenters. The van der Waals surface area contributed by atoms with Gasteiger partial charge in [-0.15, -0.1) is 0 Å². The van der Waals surface area contributed by atoms with E-state index in [-0.39, 0.29) is 17.1 Å². The van der Waals surface area contributed by atoms with Crippen molar-refractivity contribution in [2.75, 3.05) is 11.9 Å². The van der Waals surface area contributed by atoms with Crippen molar-refractivity contribution in [1.29, 1.82) is 0 Å². The zero-order valence-electron chi connectivity index (χ0n) is 22.2. The first-order chi connectivity index (χ1) is 15.3. The van der Waals surface area contributed by atoms with Gasteiger partial charge in [0.2, 0.25) is 0 Å². The molecule has 0 fully saturated rings. The van der Waals surface area contributed by atoms with Gasteiger partial charge >= 0.3 is 11.9 Å². The van der Waals surface area contributed by atoms with E-state index in [0.717, 1.165) is 0 Å². The van der Waals surface area contributed by atoms with Gasteiger partial charge in [0.25, 0.3) is 5.91 Å². The molecule has 0 saturated carbocycles. The van der Waals surface area contributed by atoms with E-state index in [1.54, 1.807) is 60.7 Å². The maximum absolute atomic E-state index is 13.3. The predicted octanol–water partition coefficient (Wildman–Crippen LogP) is 5.79. The van der Waals surface area contributed by atoms with Crippen molar-refractivity contribution in [3.05, 3.63) is 65.8 Å². The number of amides is 1. The van der Waals surface area contributed by atoms with E-state index in [0.29, 0.717) is 11.3 Å². The summed E-state index contributed by atoms with van der Waals surface area (Å²) in [5.41, 5.74) is -1.18. The van der Waals surface area contributed by atoms with Crippen molar-refractivity contribution in [2.24, 2.45) is 5.41 Å². The maximum Gasteiger partial charge on any atom is 0.339 e. The molecule has 34 heavy (non-hydrogen) atoms. The van der Waals surface area contributed by atoms with Gasteiger partial charge in [-0.25, -0.2) is 9.59 Å². The summed E-state index contributed by atoms with van der Waals surface area (Å²) in [5, 5.41) is 0. The number of likely N-dealkylation sites (N-methyl/N-ethyl adjacent to an activating group) is 1. The van der Waals surface area contributed by atoms with Crippen molar-refractivity contribution in [1.82, 2.24) is 0 Å². The van der Waals surface area contributed by atoms with E-state index in [1.165, 1.54) is 17.1 Å². The molecule has 1 amide bonds. The smallest absolute Gasteiger partial charge is 0.339 e. The summed E-state index contributed by atoms with van der Waals surface area (Å²) in [5.74, 6) is -1.83. The number of benzene rings is 1. The minimum Gasteiger partial charge on any atom is -0.456 e. The lowest BCUT2D eigenvalue weighted by molar-refractivity contribution is -0.153. The van der Waals surface area contributed by atoms with Gasteiger partial charge in [-0.05, 0) is 70.7 Å². The Morgan fingerprint density at radius 2 is 1.26 bits per heavy atom. The molecule has 6 nitrogen and oxygen atoms in total. The van der Waals surface area contributed by atoms with Gasteiger partial charge < -0.3 is 14.4 Å². The Kier molecular flexibility index (Phi) is 9.22. The minimum absolute atomic E-state index is 0.0110. The largest absolute Gasteiger partial charge is 0.456 e. The molecule has 186 valence electrons. The maximum atomic E-state index is 13.3. The van der Waals surface area contributed by atoms with E-state index in [2.05, 4.69) is 6.58 Å². The van der Waals surface area contributed by atoms with Gasteiger partial charge in [0.05, 0.1) is 11.1 Å². The molecule has 0 saturated heterocycles. The Bertz CT molecular complexity index is 980. The molecule has 1 aromatic carbocycles. The molecule has 0 atom stereocenters. The molecule has 0 aliphatic rings. The molecule has 0 N–H and O–H groups in total. The van der Waals surface area contributed by atoms with Gasteiger partial charge in [0.15, 0.2) is 0 Å². The first-order valence-electron chi connectivity index (χ1n) is 11.2. The summed E-state index contributed by atoms with van der Waals surface area (Å²) >= 11 is 0. The summed E-state index contributed by atoms with van der Waals surface area (Å²) in [6, 6.07) is 9.09. The minimum atomic E-state index is -0.816. The van der Waals surface area contributed by atoms with E-state index < -0.39 is 28.6 Å². The second-order valence-electron chi connectivity index (χ2n) is 11.1. The summed E-state index contributed by atoms with van der Waals surface area (Å²) in [6.07, 6.45) is 2.55. The number of carbonyl (C=O) groups excluding carboxylic acids is 3. The number of ether oxygens (including phenoxy) is 2. The van der Waals surface area contributed by atoms with Crippen LogP contribution in [-0.4, -0.2) is 36.1 Å². The molecule has 0 aliphatic heterocycles. The second kappa shape index (κ2) is 10.9. The third kappa shape index (κ3) is 9.00. The number of nitrogens with zero attached hydrogens (tertiary/aromatic N) is 1. The lowest BCUT2D eigenvalue weighted by Gasteiger charge is -2.28. The highest BCUT2D eigenvalue weighted by molar-refractivity contribution is 6.08. The van der Waals surface area contributed by atoms with Crippen LogP contribution >= 0.6 is 0 Å². The number of carbonyl (C=O) groups is 3. The number of rotatable bonds is 6. The predicted molar refractivity (Wildman–Crippen MR) is 136 cm³/mol. The van der Waals surface area contributed by atoms with Gasteiger partial charge in [-0.1, -0.05) is 45.5 Å². The van der Waals surface area contributed by atoms with Crippen molar-refractivity contribution in [3.8, 4) is 0 Å². The highest BCUT2D eigenvalue weighted by atomic mass is 16.6. The van der Waals surface area contributed by atoms with Gasteiger partial charge in [0, 0.05) is 18.8 Å². The van der Waals surface area contributed by atoms with Crippen LogP contribution in [0.1, 0.15) is 62.3 Å². The van der Waals surface area contributed by atoms with Crippen LogP contribution in [0.25, 0.3) is 0 Å². The lowest BCUT2D eigenvalue weighted by Crippen LogP contribution is -2.31. The first-order valence-corrected chi connectivity index (χ1v) is 11.2. The van der Waals surface area contributed by atoms with Crippen LogP contribution in [0.3, 0.4) is 0 Å². The summed E-state index contributed by atoms with van der Waals surface area (Å²) in [7, 11) is 1.63. The number of esters is 2. The normalized spacial score (nSPS) is 13.2. The fourth-order valence-electron chi connectivity index (χ4n) is 2.73. The SMILES string of the molecule is C=C(/C(C(=O)OC(C)(C)C)=C(/C=C/C(=O)N(C)c1ccccc1)C(=O)OC(C)(C)C)C(C)(C)C. The zero-order valence-corrected chi connectivity index (χ0v) is 22.2. The second-order valence-corrected chi connectivity index (χ2v) is 11.1. The number of anilines is 1. The van der Waals surface area contributed by atoms with Crippen molar-refractivity contribution in [2.45, 2.75) is 73.5 Å². The van der Waals surface area contributed by atoms with Crippen LogP contribution in [0.2, 0.25) is 0 Å². The molecule has 0 spiro atoms. The van der Waals surface area contributed by atoms with Gasteiger partial charge in [-0.2, -0.15) is 0 Å². The van der Waals surface area contributed by atoms with E-state index >= 15 is 0 Å². The quantitative estimate of drug-likeness (QED) is 0.300. The van der Waals surface area contributed by atoms with Crippen molar-refractivity contribution < 1.29 is 23.9 Å². The molecule has 1 aromatic rings. The fraction of sp³-hybridized carbons (Fsp3) is 0.464. The van der Waals surface area contributed by atoms with Crippen LogP contribution in [0.5, 0.6) is 0 Å². The highest BCUT2D eigenvalue weighted by Gasteiger charge is 2.33. The first kappa shape index (κ1) is 28.9. The van der Waals surface area contributed by atoms with E-state index in [4.69, 9.17) is 9.47 Å². The number of para-hydroxylation sites is 1. The average Bonchev–Trinajstić information content (AvgIpc) is 2.66. The zero-order chi connectivity index (χ0) is 26.5. The third-order valence-electron chi connectivity index (χ3n) is 4.56. The molecule has 0 aromatic heterocycles. The molecule has 0 heterocycles. The van der Waals surface area contributed by atoms with E-state index in [1.807, 2.05) is 39.0 Å². The molecule has 1 rings (SSSR count). The van der Waals surface area contributed by atoms with Crippen LogP contribution in [-0.2, 0) is 23.9 Å². The van der Waals surface area contributed by atoms with Crippen LogP contribution in [0.15, 0.2) is 65.8 Å². The topological polar surface area (TPSA) is 72.9 Å². The Morgan fingerprint density at radius 3 is 1.71 bits per heavy atom. The van der Waals surface area contributed by atoms with Gasteiger partial charge in [-0.3, -0.25) is 4.79 Å². The Hall–Kier alpha value is -3.15. The fourth-order valence-corrected chi connectivity index (χ4v) is 2.73. The third-order valence-corrected chi connectivity index (χ3v) is 4.56. The number of hydrogen-bond acceptors (Lipinski definition) is 5. The summed E-state index contributed by atoms with van der Waals surface area (Å²) < 4.78 is 11.2. The lowest BCUT2D eigenvalue weighted by atomic mass is 9.81. The molecular weight excluding hydrogens is 430 g/mol. The van der Waals surface area contributed by atoms with Crippen LogP contribution in [0.4, 0.5) is 5.69 Å². The van der Waals surface area contributed by atoms with Crippen LogP contribution in [0, 0.1) is 5.41 Å². The molecular formula is C28H39NO5. The average molecular weight is 470 g/mol. The van der Waals surface area contributed by atoms with Gasteiger partial charge in [0.1, 0.15) is 11.2 Å². The summed E-state index contributed by atoms with van der Waals surface area (Å²) in [6.45, 7) is 20.1. The van der Waals surface area contributed by atoms with Crippen molar-refractivity contribution >= 4 is 23.5 Å². The Labute approximate surface area is 204 Å². The molecule has 0 bridgehead atoms.